The smallest absolute Gasteiger partial charge is 0.231 e. The summed E-state index contributed by atoms with van der Waals surface area (Å²) in [6, 6.07) is 5.80. The lowest BCUT2D eigenvalue weighted by Crippen LogP contribution is -2.41. The van der Waals surface area contributed by atoms with E-state index in [4.69, 9.17) is 17.3 Å². The standard InChI is InChI=1S/C14H17ClN2O.ClH/c15-11-4-2-6-13-9(11)7-8-17(13)14(18)10-3-1-5-12(10)16;/h2,4,6,10,12H,1,3,5,7-8,16H2;1H. The minimum absolute atomic E-state index is 0. The number of halogens is 2. The monoisotopic (exact) mass is 300 g/mol. The van der Waals surface area contributed by atoms with Gasteiger partial charge in [-0.1, -0.05) is 24.1 Å². The molecule has 1 saturated carbocycles. The Morgan fingerprint density at radius 2 is 2.16 bits per heavy atom. The van der Waals surface area contributed by atoms with Crippen LogP contribution in [0.4, 0.5) is 5.69 Å². The van der Waals surface area contributed by atoms with E-state index < -0.39 is 0 Å². The van der Waals surface area contributed by atoms with Crippen LogP contribution in [0.5, 0.6) is 0 Å². The summed E-state index contributed by atoms with van der Waals surface area (Å²) in [6.07, 6.45) is 3.80. The lowest BCUT2D eigenvalue weighted by Gasteiger charge is -2.23. The van der Waals surface area contributed by atoms with Crippen molar-refractivity contribution in [3.8, 4) is 0 Å². The van der Waals surface area contributed by atoms with Gasteiger partial charge in [0.05, 0.1) is 5.92 Å². The summed E-state index contributed by atoms with van der Waals surface area (Å²) < 4.78 is 0. The van der Waals surface area contributed by atoms with Gasteiger partial charge in [-0.3, -0.25) is 4.79 Å². The molecule has 1 aliphatic carbocycles. The Hall–Kier alpha value is -0.770. The summed E-state index contributed by atoms with van der Waals surface area (Å²) in [4.78, 5) is 14.4. The lowest BCUT2D eigenvalue weighted by molar-refractivity contribution is -0.122. The summed E-state index contributed by atoms with van der Waals surface area (Å²) in [5, 5.41) is 0.763. The molecule has 1 aliphatic heterocycles. The molecule has 104 valence electrons. The second kappa shape index (κ2) is 5.70. The zero-order chi connectivity index (χ0) is 12.7. The van der Waals surface area contributed by atoms with Gasteiger partial charge < -0.3 is 10.6 Å². The van der Waals surface area contributed by atoms with Crippen molar-refractivity contribution < 1.29 is 4.79 Å². The van der Waals surface area contributed by atoms with E-state index in [2.05, 4.69) is 0 Å². The number of carbonyl (C=O) groups is 1. The van der Waals surface area contributed by atoms with E-state index in [0.717, 1.165) is 48.5 Å². The topological polar surface area (TPSA) is 46.3 Å². The van der Waals surface area contributed by atoms with Crippen molar-refractivity contribution in [3.05, 3.63) is 28.8 Å². The van der Waals surface area contributed by atoms with Crippen molar-refractivity contribution in [1.82, 2.24) is 0 Å². The molecule has 1 aromatic carbocycles. The van der Waals surface area contributed by atoms with Gasteiger partial charge in [0, 0.05) is 23.3 Å². The molecule has 5 heteroatoms. The normalized spacial score (nSPS) is 25.1. The molecule has 0 aromatic heterocycles. The molecule has 1 aromatic rings. The third-order valence-corrected chi connectivity index (χ3v) is 4.48. The third-order valence-electron chi connectivity index (χ3n) is 4.12. The first-order valence-corrected chi connectivity index (χ1v) is 6.90. The van der Waals surface area contributed by atoms with Gasteiger partial charge in [-0.2, -0.15) is 0 Å². The van der Waals surface area contributed by atoms with E-state index in [-0.39, 0.29) is 30.3 Å². The first kappa shape index (κ1) is 14.6. The second-order valence-corrected chi connectivity index (χ2v) is 5.59. The first-order valence-electron chi connectivity index (χ1n) is 6.53. The summed E-state index contributed by atoms with van der Waals surface area (Å²) >= 11 is 6.17. The Labute approximate surface area is 124 Å². The molecule has 1 heterocycles. The number of rotatable bonds is 1. The van der Waals surface area contributed by atoms with Crippen LogP contribution in [0.3, 0.4) is 0 Å². The highest BCUT2D eigenvalue weighted by Crippen LogP contribution is 2.36. The molecule has 0 bridgehead atoms. The van der Waals surface area contributed by atoms with Crippen LogP contribution in [-0.4, -0.2) is 18.5 Å². The van der Waals surface area contributed by atoms with Gasteiger partial charge in [-0.25, -0.2) is 0 Å². The van der Waals surface area contributed by atoms with Crippen LogP contribution in [0.1, 0.15) is 24.8 Å². The highest BCUT2D eigenvalue weighted by atomic mass is 35.5. The summed E-state index contributed by atoms with van der Waals surface area (Å²) in [5.41, 5.74) is 8.10. The van der Waals surface area contributed by atoms with Gasteiger partial charge in [0.1, 0.15) is 0 Å². The van der Waals surface area contributed by atoms with Gasteiger partial charge in [0.2, 0.25) is 5.91 Å². The number of fused-ring (bicyclic) bond motifs is 1. The maximum Gasteiger partial charge on any atom is 0.231 e. The molecule has 3 nitrogen and oxygen atoms in total. The Bertz CT molecular complexity index is 492. The van der Waals surface area contributed by atoms with Gasteiger partial charge in [-0.15, -0.1) is 12.4 Å². The fourth-order valence-corrected chi connectivity index (χ4v) is 3.38. The van der Waals surface area contributed by atoms with Crippen LogP contribution in [0.15, 0.2) is 18.2 Å². The zero-order valence-electron chi connectivity index (χ0n) is 10.6. The van der Waals surface area contributed by atoms with Crippen LogP contribution < -0.4 is 10.6 Å². The summed E-state index contributed by atoms with van der Waals surface area (Å²) in [5.74, 6) is 0.177. The van der Waals surface area contributed by atoms with Crippen LogP contribution in [0, 0.1) is 5.92 Å². The molecule has 2 unspecified atom stereocenters. The number of benzene rings is 1. The largest absolute Gasteiger partial charge is 0.327 e. The second-order valence-electron chi connectivity index (χ2n) is 5.18. The molecular formula is C14H18Cl2N2O. The number of anilines is 1. The number of hydrogen-bond donors (Lipinski definition) is 1. The van der Waals surface area contributed by atoms with E-state index in [9.17, 15) is 4.79 Å². The average molecular weight is 301 g/mol. The van der Waals surface area contributed by atoms with Crippen LogP contribution >= 0.6 is 24.0 Å². The average Bonchev–Trinajstić information content (AvgIpc) is 2.95. The zero-order valence-corrected chi connectivity index (χ0v) is 12.2. The Morgan fingerprint density at radius 3 is 2.84 bits per heavy atom. The number of carbonyl (C=O) groups excluding carboxylic acids is 1. The number of nitrogens with zero attached hydrogens (tertiary/aromatic N) is 1. The van der Waals surface area contributed by atoms with Crippen molar-refractivity contribution in [2.75, 3.05) is 11.4 Å². The predicted molar refractivity (Wildman–Crippen MR) is 80.1 cm³/mol. The van der Waals surface area contributed by atoms with Crippen molar-refractivity contribution in [2.24, 2.45) is 11.7 Å². The molecule has 0 spiro atoms. The van der Waals surface area contributed by atoms with Gasteiger partial charge in [-0.05, 0) is 37.0 Å². The SMILES string of the molecule is Cl.NC1CCCC1C(=O)N1CCc2c(Cl)cccc21. The van der Waals surface area contributed by atoms with Crippen molar-refractivity contribution in [3.63, 3.8) is 0 Å². The van der Waals surface area contributed by atoms with Gasteiger partial charge in [0.15, 0.2) is 0 Å². The van der Waals surface area contributed by atoms with E-state index >= 15 is 0 Å². The van der Waals surface area contributed by atoms with Gasteiger partial charge >= 0.3 is 0 Å². The predicted octanol–water partition coefficient (Wildman–Crippen LogP) is 2.78. The quantitative estimate of drug-likeness (QED) is 0.867. The van der Waals surface area contributed by atoms with Crippen LogP contribution in [-0.2, 0) is 11.2 Å². The molecule has 2 aliphatic rings. The molecule has 1 fully saturated rings. The third kappa shape index (κ3) is 2.47. The van der Waals surface area contributed by atoms with Crippen molar-refractivity contribution in [1.29, 1.82) is 0 Å². The molecule has 3 rings (SSSR count). The van der Waals surface area contributed by atoms with Crippen molar-refractivity contribution in [2.45, 2.75) is 31.7 Å². The minimum Gasteiger partial charge on any atom is -0.327 e. The summed E-state index contributed by atoms with van der Waals surface area (Å²) in [7, 11) is 0. The maximum atomic E-state index is 12.5. The molecule has 19 heavy (non-hydrogen) atoms. The molecule has 1 amide bonds. The molecule has 2 N–H and O–H groups in total. The lowest BCUT2D eigenvalue weighted by atomic mass is 10.0. The highest BCUT2D eigenvalue weighted by molar-refractivity contribution is 6.32. The van der Waals surface area contributed by atoms with E-state index in [0.29, 0.717) is 0 Å². The molecule has 0 radical (unpaired) electrons. The van der Waals surface area contributed by atoms with Crippen LogP contribution in [0.2, 0.25) is 5.02 Å². The minimum atomic E-state index is -0.00469. The fourth-order valence-electron chi connectivity index (χ4n) is 3.12. The fraction of sp³-hybridized carbons (Fsp3) is 0.500. The highest BCUT2D eigenvalue weighted by Gasteiger charge is 2.36. The summed E-state index contributed by atoms with van der Waals surface area (Å²) in [6.45, 7) is 0.737. The van der Waals surface area contributed by atoms with E-state index in [1.54, 1.807) is 0 Å². The van der Waals surface area contributed by atoms with Crippen LogP contribution in [0.25, 0.3) is 0 Å². The Morgan fingerprint density at radius 1 is 1.37 bits per heavy atom. The number of nitrogens with two attached hydrogens (primary N) is 1. The van der Waals surface area contributed by atoms with Crippen molar-refractivity contribution >= 4 is 35.6 Å². The van der Waals surface area contributed by atoms with E-state index in [1.165, 1.54) is 0 Å². The molecular weight excluding hydrogens is 283 g/mol. The Balaban J connectivity index is 0.00000133. The number of amides is 1. The Kier molecular flexibility index (Phi) is 4.39. The maximum absolute atomic E-state index is 12.5. The molecule has 2 atom stereocenters. The van der Waals surface area contributed by atoms with Gasteiger partial charge in [0.25, 0.3) is 0 Å². The number of hydrogen-bond acceptors (Lipinski definition) is 2. The van der Waals surface area contributed by atoms with E-state index in [1.807, 2.05) is 23.1 Å². The first-order chi connectivity index (χ1) is 8.68. The molecule has 0 saturated heterocycles.